The van der Waals surface area contributed by atoms with E-state index in [1.165, 1.54) is 27.6 Å². The predicted octanol–water partition coefficient (Wildman–Crippen LogP) is 6.27. The van der Waals surface area contributed by atoms with Gasteiger partial charge in [-0.25, -0.2) is 5.48 Å². The molecule has 0 aliphatic heterocycles. The van der Waals surface area contributed by atoms with E-state index in [2.05, 4.69) is 65.3 Å². The first-order chi connectivity index (χ1) is 16.5. The molecule has 0 spiro atoms. The van der Waals surface area contributed by atoms with Crippen molar-refractivity contribution in [3.05, 3.63) is 76.8 Å². The van der Waals surface area contributed by atoms with E-state index in [1.807, 2.05) is 13.8 Å². The van der Waals surface area contributed by atoms with Crippen molar-refractivity contribution in [3.63, 3.8) is 0 Å². The molecule has 2 N–H and O–H groups in total. The monoisotopic (exact) mass is 459 g/mol. The first kappa shape index (κ1) is 23.8. The van der Waals surface area contributed by atoms with Crippen LogP contribution in [0.1, 0.15) is 60.2 Å². The fraction of sp³-hybridized carbons (Fsp3) is 0.357. The number of carbonyl (C=O) groups is 1. The van der Waals surface area contributed by atoms with Crippen LogP contribution in [0.3, 0.4) is 0 Å². The molecule has 0 fully saturated rings. The van der Waals surface area contributed by atoms with E-state index in [1.54, 1.807) is 5.48 Å². The number of amides is 1. The molecule has 0 unspecified atom stereocenters. The third-order valence-corrected chi connectivity index (χ3v) is 6.48. The van der Waals surface area contributed by atoms with E-state index < -0.39 is 0 Å². The lowest BCUT2D eigenvalue weighted by atomic mass is 9.99. The van der Waals surface area contributed by atoms with Gasteiger partial charge in [0.2, 0.25) is 5.91 Å². The van der Waals surface area contributed by atoms with E-state index in [-0.39, 0.29) is 5.91 Å². The average Bonchev–Trinajstić information content (AvgIpc) is 3.35. The maximum absolute atomic E-state index is 11.2. The fourth-order valence-electron chi connectivity index (χ4n) is 4.65. The van der Waals surface area contributed by atoms with Crippen molar-refractivity contribution in [1.29, 1.82) is 0 Å². The highest BCUT2D eigenvalue weighted by atomic mass is 16.5. The molecule has 1 amide bonds. The van der Waals surface area contributed by atoms with Crippen LogP contribution in [0, 0.1) is 20.8 Å². The molecule has 2 heterocycles. The molecule has 0 saturated heterocycles. The Morgan fingerprint density at radius 3 is 2.50 bits per heavy atom. The summed E-state index contributed by atoms with van der Waals surface area (Å²) in [4.78, 5) is 11.2. The summed E-state index contributed by atoms with van der Waals surface area (Å²) >= 11 is 0. The summed E-state index contributed by atoms with van der Waals surface area (Å²) in [6, 6.07) is 15.4. The summed E-state index contributed by atoms with van der Waals surface area (Å²) < 4.78 is 7.77. The third-order valence-electron chi connectivity index (χ3n) is 6.48. The van der Waals surface area contributed by atoms with E-state index in [9.17, 15) is 4.79 Å². The highest BCUT2D eigenvalue weighted by Gasteiger charge is 2.15. The highest BCUT2D eigenvalue weighted by molar-refractivity contribution is 5.89. The molecule has 4 aromatic rings. The molecule has 6 nitrogen and oxygen atoms in total. The molecular weight excluding hydrogens is 426 g/mol. The molecule has 6 heteroatoms. The minimum Gasteiger partial charge on any atom is -0.361 e. The van der Waals surface area contributed by atoms with Crippen LogP contribution in [0.15, 0.2) is 53.2 Å². The van der Waals surface area contributed by atoms with Crippen LogP contribution < -0.4 is 5.48 Å². The van der Waals surface area contributed by atoms with E-state index in [4.69, 9.17) is 9.73 Å². The molecule has 0 aliphatic carbocycles. The maximum atomic E-state index is 11.2. The van der Waals surface area contributed by atoms with Gasteiger partial charge in [0, 0.05) is 35.6 Å². The normalized spacial score (nSPS) is 11.3. The van der Waals surface area contributed by atoms with Crippen molar-refractivity contribution >= 4 is 16.8 Å². The number of fused-ring (bicyclic) bond motifs is 1. The zero-order valence-electron chi connectivity index (χ0n) is 20.2. The summed E-state index contributed by atoms with van der Waals surface area (Å²) in [5.74, 6) is 0.525. The topological polar surface area (TPSA) is 80.3 Å². The van der Waals surface area contributed by atoms with Crippen molar-refractivity contribution in [1.82, 2.24) is 15.2 Å². The second-order valence-corrected chi connectivity index (χ2v) is 9.14. The molecule has 0 saturated carbocycles. The number of nitrogens with zero attached hydrogens (tertiary/aromatic N) is 2. The van der Waals surface area contributed by atoms with Crippen molar-refractivity contribution in [2.45, 2.75) is 65.8 Å². The van der Waals surface area contributed by atoms with Gasteiger partial charge in [-0.15, -0.1) is 0 Å². The van der Waals surface area contributed by atoms with Gasteiger partial charge in [0.25, 0.3) is 0 Å². The molecule has 0 atom stereocenters. The second-order valence-electron chi connectivity index (χ2n) is 9.14. The van der Waals surface area contributed by atoms with E-state index in [0.717, 1.165) is 61.2 Å². The van der Waals surface area contributed by atoms with Crippen LogP contribution in [0.25, 0.3) is 22.0 Å². The first-order valence-electron chi connectivity index (χ1n) is 12.0. The quantitative estimate of drug-likeness (QED) is 0.166. The number of benzene rings is 2. The molecule has 0 radical (unpaired) electrons. The fourth-order valence-corrected chi connectivity index (χ4v) is 4.65. The zero-order chi connectivity index (χ0) is 24.1. The lowest BCUT2D eigenvalue weighted by Crippen LogP contribution is -2.17. The third kappa shape index (κ3) is 5.39. The minimum absolute atomic E-state index is 0.314. The Labute approximate surface area is 200 Å². The number of rotatable bonds is 10. The molecule has 4 rings (SSSR count). The largest absolute Gasteiger partial charge is 0.361 e. The van der Waals surface area contributed by atoms with E-state index >= 15 is 0 Å². The molecule has 2 aromatic carbocycles. The van der Waals surface area contributed by atoms with Crippen molar-refractivity contribution in [2.75, 3.05) is 0 Å². The van der Waals surface area contributed by atoms with Gasteiger partial charge in [-0.2, -0.15) is 0 Å². The molecular formula is C28H33N3O3. The van der Waals surface area contributed by atoms with Gasteiger partial charge in [0.15, 0.2) is 0 Å². The predicted molar refractivity (Wildman–Crippen MR) is 134 cm³/mol. The zero-order valence-corrected chi connectivity index (χ0v) is 20.2. The Morgan fingerprint density at radius 1 is 1.03 bits per heavy atom. The van der Waals surface area contributed by atoms with Gasteiger partial charge < -0.3 is 9.09 Å². The first-order valence-corrected chi connectivity index (χ1v) is 12.0. The number of nitrogens with one attached hydrogen (secondary N) is 1. The van der Waals surface area contributed by atoms with Gasteiger partial charge in [-0.05, 0) is 68.9 Å². The highest BCUT2D eigenvalue weighted by Crippen LogP contribution is 2.33. The Bertz CT molecular complexity index is 1250. The molecule has 0 bridgehead atoms. The standard InChI is InChI=1S/C28H33N3O3/c1-19-9-11-22(12-10-19)16-24-18-31(15-7-5-4-6-8-27(32)29-33)26-14-13-23(17-25(24)26)28-20(2)30-34-21(28)3/h9-14,17-18,33H,4-8,15-16H2,1-3H3,(H,29,32). The summed E-state index contributed by atoms with van der Waals surface area (Å²) in [6.07, 6.45) is 7.39. The Kier molecular flexibility index (Phi) is 7.48. The Hall–Kier alpha value is -3.38. The van der Waals surface area contributed by atoms with Crippen LogP contribution in [0.4, 0.5) is 0 Å². The number of unbranched alkanes of at least 4 members (excludes halogenated alkanes) is 3. The lowest BCUT2D eigenvalue weighted by Gasteiger charge is -2.07. The van der Waals surface area contributed by atoms with E-state index in [0.29, 0.717) is 6.42 Å². The number of hydroxylamine groups is 1. The van der Waals surface area contributed by atoms with Crippen molar-refractivity contribution in [2.24, 2.45) is 0 Å². The average molecular weight is 460 g/mol. The van der Waals surface area contributed by atoms with Crippen LogP contribution in [-0.4, -0.2) is 20.8 Å². The number of hydrogen-bond acceptors (Lipinski definition) is 4. The summed E-state index contributed by atoms with van der Waals surface area (Å²) in [5, 5.41) is 14.0. The molecule has 34 heavy (non-hydrogen) atoms. The Morgan fingerprint density at radius 2 is 1.79 bits per heavy atom. The molecule has 0 aliphatic rings. The number of hydrogen-bond donors (Lipinski definition) is 2. The second kappa shape index (κ2) is 10.7. The summed E-state index contributed by atoms with van der Waals surface area (Å²) in [7, 11) is 0. The van der Waals surface area contributed by atoms with Crippen LogP contribution >= 0.6 is 0 Å². The van der Waals surface area contributed by atoms with Gasteiger partial charge in [0.1, 0.15) is 5.76 Å². The minimum atomic E-state index is -0.314. The van der Waals surface area contributed by atoms with Gasteiger partial charge in [0.05, 0.1) is 5.69 Å². The van der Waals surface area contributed by atoms with Gasteiger partial charge >= 0.3 is 0 Å². The van der Waals surface area contributed by atoms with Crippen LogP contribution in [-0.2, 0) is 17.8 Å². The lowest BCUT2D eigenvalue weighted by molar-refractivity contribution is -0.129. The smallest absolute Gasteiger partial charge is 0.243 e. The number of carbonyl (C=O) groups excluding carboxylic acids is 1. The SMILES string of the molecule is Cc1ccc(Cc2cn(CCCCCCC(=O)NO)c3ccc(-c4c(C)noc4C)cc23)cc1. The summed E-state index contributed by atoms with van der Waals surface area (Å²) in [5.41, 5.74) is 9.92. The van der Waals surface area contributed by atoms with Gasteiger partial charge in [-0.3, -0.25) is 10.0 Å². The molecule has 178 valence electrons. The van der Waals surface area contributed by atoms with Crippen molar-refractivity contribution in [3.8, 4) is 11.1 Å². The Balaban J connectivity index is 1.58. The van der Waals surface area contributed by atoms with Crippen LogP contribution in [0.5, 0.6) is 0 Å². The number of aromatic nitrogens is 2. The molecule has 2 aromatic heterocycles. The van der Waals surface area contributed by atoms with Gasteiger partial charge in [-0.1, -0.05) is 53.9 Å². The maximum Gasteiger partial charge on any atom is 0.243 e. The summed E-state index contributed by atoms with van der Waals surface area (Å²) in [6.45, 7) is 6.99. The van der Waals surface area contributed by atoms with Crippen LogP contribution in [0.2, 0.25) is 0 Å². The number of aryl methyl sites for hydroxylation is 4. The van der Waals surface area contributed by atoms with Crippen molar-refractivity contribution < 1.29 is 14.5 Å².